The Bertz CT molecular complexity index is 551. The highest BCUT2D eigenvalue weighted by Gasteiger charge is 2.42. The lowest BCUT2D eigenvalue weighted by molar-refractivity contribution is 0.210. The summed E-state index contributed by atoms with van der Waals surface area (Å²) in [7, 11) is 1.61. The lowest BCUT2D eigenvalue weighted by Gasteiger charge is -2.27. The highest BCUT2D eigenvalue weighted by Crippen LogP contribution is 2.35. The maximum Gasteiger partial charge on any atom is 0.136 e. The predicted octanol–water partition coefficient (Wildman–Crippen LogP) is 2.00. The van der Waals surface area contributed by atoms with E-state index in [4.69, 9.17) is 4.74 Å². The SMILES string of the molecule is CCC1C2CNCC2CN1Cc1ccc(OC)c(C#N)c1. The Morgan fingerprint density at radius 3 is 3.00 bits per heavy atom. The van der Waals surface area contributed by atoms with Gasteiger partial charge < -0.3 is 10.1 Å². The molecule has 0 aromatic heterocycles. The van der Waals surface area contributed by atoms with Gasteiger partial charge in [0.05, 0.1) is 12.7 Å². The molecule has 0 bridgehead atoms. The van der Waals surface area contributed by atoms with E-state index in [9.17, 15) is 5.26 Å². The fourth-order valence-corrected chi connectivity index (χ4v) is 4.03. The van der Waals surface area contributed by atoms with Crippen molar-refractivity contribution in [3.05, 3.63) is 29.3 Å². The molecule has 1 aromatic rings. The number of ether oxygens (including phenoxy) is 1. The molecule has 1 N–H and O–H groups in total. The molecular weight excluding hydrogens is 262 g/mol. The number of nitrogens with one attached hydrogen (secondary N) is 1. The number of likely N-dealkylation sites (tertiary alicyclic amines) is 1. The third-order valence-electron chi connectivity index (χ3n) is 5.01. The maximum absolute atomic E-state index is 9.21. The minimum Gasteiger partial charge on any atom is -0.495 e. The van der Waals surface area contributed by atoms with Gasteiger partial charge in [-0.3, -0.25) is 4.90 Å². The van der Waals surface area contributed by atoms with Crippen molar-refractivity contribution in [1.29, 1.82) is 5.26 Å². The van der Waals surface area contributed by atoms with Crippen molar-refractivity contribution in [3.63, 3.8) is 0 Å². The first-order valence-corrected chi connectivity index (χ1v) is 7.78. The summed E-state index contributed by atoms with van der Waals surface area (Å²) in [6.07, 6.45) is 1.20. The molecule has 4 nitrogen and oxygen atoms in total. The number of nitrogens with zero attached hydrogens (tertiary/aromatic N) is 2. The Balaban J connectivity index is 1.76. The summed E-state index contributed by atoms with van der Waals surface area (Å²) in [6, 6.07) is 8.85. The number of hydrogen-bond donors (Lipinski definition) is 1. The van der Waals surface area contributed by atoms with E-state index >= 15 is 0 Å². The number of fused-ring (bicyclic) bond motifs is 1. The zero-order chi connectivity index (χ0) is 14.8. The summed E-state index contributed by atoms with van der Waals surface area (Å²) in [5, 5.41) is 12.7. The van der Waals surface area contributed by atoms with Crippen LogP contribution >= 0.6 is 0 Å². The van der Waals surface area contributed by atoms with E-state index in [1.54, 1.807) is 7.11 Å². The molecule has 2 aliphatic heterocycles. The van der Waals surface area contributed by atoms with Crippen LogP contribution in [0.1, 0.15) is 24.5 Å². The molecule has 3 atom stereocenters. The summed E-state index contributed by atoms with van der Waals surface area (Å²) in [5.74, 6) is 2.25. The fourth-order valence-electron chi connectivity index (χ4n) is 4.03. The minimum absolute atomic E-state index is 0.629. The second-order valence-corrected chi connectivity index (χ2v) is 6.13. The van der Waals surface area contributed by atoms with Crippen molar-refractivity contribution in [3.8, 4) is 11.8 Å². The lowest BCUT2D eigenvalue weighted by atomic mass is 9.93. The third kappa shape index (κ3) is 2.64. The van der Waals surface area contributed by atoms with Gasteiger partial charge in [0.15, 0.2) is 0 Å². The Morgan fingerprint density at radius 1 is 1.43 bits per heavy atom. The standard InChI is InChI=1S/C17H23N3O/c1-3-16-15-9-19-8-14(15)11-20(16)10-12-4-5-17(21-2)13(6-12)7-18/h4-6,14-16,19H,3,8-11H2,1-2H3. The summed E-state index contributed by atoms with van der Waals surface area (Å²) in [6.45, 7) is 6.71. The van der Waals surface area contributed by atoms with Gasteiger partial charge >= 0.3 is 0 Å². The first kappa shape index (κ1) is 14.4. The van der Waals surface area contributed by atoms with Crippen LogP contribution in [0, 0.1) is 23.2 Å². The number of hydrogen-bond acceptors (Lipinski definition) is 4. The van der Waals surface area contributed by atoms with E-state index < -0.39 is 0 Å². The molecule has 4 heteroatoms. The van der Waals surface area contributed by atoms with E-state index in [0.717, 1.165) is 31.5 Å². The first-order valence-electron chi connectivity index (χ1n) is 7.78. The molecule has 3 unspecified atom stereocenters. The summed E-state index contributed by atoms with van der Waals surface area (Å²) in [4.78, 5) is 2.60. The van der Waals surface area contributed by atoms with Gasteiger partial charge in [0.1, 0.15) is 11.8 Å². The van der Waals surface area contributed by atoms with E-state index in [1.165, 1.54) is 18.5 Å². The highest BCUT2D eigenvalue weighted by molar-refractivity contribution is 5.45. The van der Waals surface area contributed by atoms with Crippen molar-refractivity contribution >= 4 is 0 Å². The molecule has 2 heterocycles. The van der Waals surface area contributed by atoms with Gasteiger partial charge in [-0.2, -0.15) is 5.26 Å². The largest absolute Gasteiger partial charge is 0.495 e. The summed E-state index contributed by atoms with van der Waals surface area (Å²) in [5.41, 5.74) is 1.84. The number of methoxy groups -OCH3 is 1. The van der Waals surface area contributed by atoms with E-state index in [1.807, 2.05) is 12.1 Å². The zero-order valence-corrected chi connectivity index (χ0v) is 12.8. The minimum atomic E-state index is 0.629. The quantitative estimate of drug-likeness (QED) is 0.919. The molecular formula is C17H23N3O. The molecule has 0 radical (unpaired) electrons. The van der Waals surface area contributed by atoms with Crippen molar-refractivity contribution in [2.75, 3.05) is 26.7 Å². The smallest absolute Gasteiger partial charge is 0.136 e. The molecule has 0 aliphatic carbocycles. The molecule has 0 spiro atoms. The van der Waals surface area contributed by atoms with Crippen LogP contribution in [-0.2, 0) is 6.54 Å². The molecule has 0 amide bonds. The van der Waals surface area contributed by atoms with Gasteiger partial charge in [-0.15, -0.1) is 0 Å². The molecule has 2 aliphatic rings. The van der Waals surface area contributed by atoms with Crippen molar-refractivity contribution in [1.82, 2.24) is 10.2 Å². The van der Waals surface area contributed by atoms with E-state index in [2.05, 4.69) is 29.3 Å². The zero-order valence-electron chi connectivity index (χ0n) is 12.8. The molecule has 2 fully saturated rings. The van der Waals surface area contributed by atoms with Crippen LogP contribution in [0.2, 0.25) is 0 Å². The normalized spacial score (nSPS) is 28.3. The highest BCUT2D eigenvalue weighted by atomic mass is 16.5. The summed E-state index contributed by atoms with van der Waals surface area (Å²) < 4.78 is 5.22. The van der Waals surface area contributed by atoms with Crippen LogP contribution in [0.25, 0.3) is 0 Å². The van der Waals surface area contributed by atoms with Gasteiger partial charge in [0, 0.05) is 19.1 Å². The van der Waals surface area contributed by atoms with Crippen LogP contribution in [0.5, 0.6) is 5.75 Å². The Morgan fingerprint density at radius 2 is 2.29 bits per heavy atom. The predicted molar refractivity (Wildman–Crippen MR) is 82.0 cm³/mol. The average molecular weight is 285 g/mol. The number of benzene rings is 1. The topological polar surface area (TPSA) is 48.3 Å². The summed E-state index contributed by atoms with van der Waals surface area (Å²) >= 11 is 0. The fraction of sp³-hybridized carbons (Fsp3) is 0.588. The molecule has 1 aromatic carbocycles. The van der Waals surface area contributed by atoms with E-state index in [0.29, 0.717) is 17.4 Å². The Hall–Kier alpha value is -1.57. The second-order valence-electron chi connectivity index (χ2n) is 6.13. The monoisotopic (exact) mass is 285 g/mol. The van der Waals surface area contributed by atoms with Crippen LogP contribution < -0.4 is 10.1 Å². The van der Waals surface area contributed by atoms with Crippen molar-refractivity contribution in [2.24, 2.45) is 11.8 Å². The third-order valence-corrected chi connectivity index (χ3v) is 5.01. The second kappa shape index (κ2) is 6.05. The molecule has 3 rings (SSSR count). The molecule has 21 heavy (non-hydrogen) atoms. The van der Waals surface area contributed by atoms with Crippen molar-refractivity contribution < 1.29 is 4.74 Å². The molecule has 0 saturated carbocycles. The first-order chi connectivity index (χ1) is 10.3. The molecule has 112 valence electrons. The number of rotatable bonds is 4. The van der Waals surface area contributed by atoms with Gasteiger partial charge in [-0.25, -0.2) is 0 Å². The van der Waals surface area contributed by atoms with Gasteiger partial charge in [-0.1, -0.05) is 13.0 Å². The van der Waals surface area contributed by atoms with Crippen LogP contribution in [0.4, 0.5) is 0 Å². The van der Waals surface area contributed by atoms with Crippen LogP contribution in [0.3, 0.4) is 0 Å². The maximum atomic E-state index is 9.21. The van der Waals surface area contributed by atoms with Gasteiger partial charge in [-0.05, 0) is 49.0 Å². The average Bonchev–Trinajstić information content (AvgIpc) is 3.07. The Labute approximate surface area is 126 Å². The number of nitriles is 1. The van der Waals surface area contributed by atoms with Crippen LogP contribution in [-0.4, -0.2) is 37.7 Å². The van der Waals surface area contributed by atoms with Gasteiger partial charge in [0.25, 0.3) is 0 Å². The van der Waals surface area contributed by atoms with Crippen LogP contribution in [0.15, 0.2) is 18.2 Å². The van der Waals surface area contributed by atoms with Gasteiger partial charge in [0.2, 0.25) is 0 Å². The molecule has 2 saturated heterocycles. The van der Waals surface area contributed by atoms with Crippen molar-refractivity contribution in [2.45, 2.75) is 25.9 Å². The Kier molecular flexibility index (Phi) is 4.14. The van der Waals surface area contributed by atoms with E-state index in [-0.39, 0.29) is 0 Å². The lowest BCUT2D eigenvalue weighted by Crippen LogP contribution is -2.34.